The van der Waals surface area contributed by atoms with Gasteiger partial charge in [-0.3, -0.25) is 20.2 Å². The molecule has 2 aromatic rings. The second-order valence-electron chi connectivity index (χ2n) is 6.19. The second-order valence-corrected chi connectivity index (χ2v) is 7.00. The summed E-state index contributed by atoms with van der Waals surface area (Å²) in [6, 6.07) is 9.29. The normalized spacial score (nSPS) is 13.4. The second kappa shape index (κ2) is 10.2. The highest BCUT2D eigenvalue weighted by atomic mass is 35.5. The predicted molar refractivity (Wildman–Crippen MR) is 115 cm³/mol. The highest BCUT2D eigenvalue weighted by Gasteiger charge is 2.28. The smallest absolute Gasteiger partial charge is 0.328 e. The van der Waals surface area contributed by atoms with Gasteiger partial charge in [0.1, 0.15) is 24.5 Å². The lowest BCUT2D eigenvalue weighted by Gasteiger charge is -2.16. The van der Waals surface area contributed by atoms with E-state index in [0.717, 1.165) is 0 Å². The number of benzene rings is 2. The van der Waals surface area contributed by atoms with Crippen LogP contribution >= 0.6 is 23.2 Å². The van der Waals surface area contributed by atoms with E-state index in [2.05, 4.69) is 0 Å². The molecule has 31 heavy (non-hydrogen) atoms. The average molecular weight is 465 g/mol. The molecule has 0 aromatic heterocycles. The number of imide groups is 2. The van der Waals surface area contributed by atoms with E-state index < -0.39 is 17.8 Å². The molecule has 4 amide bonds. The van der Waals surface area contributed by atoms with Crippen LogP contribution in [0.5, 0.6) is 17.2 Å². The summed E-state index contributed by atoms with van der Waals surface area (Å²) in [5.74, 6) is -0.457. The molecular weight excluding hydrogens is 447 g/mol. The molecule has 1 saturated heterocycles. The number of hydrogen-bond donors (Lipinski definition) is 2. The Labute approximate surface area is 188 Å². The van der Waals surface area contributed by atoms with Crippen molar-refractivity contribution in [1.82, 2.24) is 10.6 Å². The Morgan fingerprint density at radius 1 is 0.871 bits per heavy atom. The molecule has 1 heterocycles. The Balaban J connectivity index is 1.75. The summed E-state index contributed by atoms with van der Waals surface area (Å²) in [6.45, 7) is 2.50. The van der Waals surface area contributed by atoms with Crippen molar-refractivity contribution in [3.05, 3.63) is 57.6 Å². The van der Waals surface area contributed by atoms with Crippen LogP contribution in [0.2, 0.25) is 10.0 Å². The van der Waals surface area contributed by atoms with Crippen LogP contribution in [0.1, 0.15) is 12.5 Å². The van der Waals surface area contributed by atoms with Crippen molar-refractivity contribution in [1.29, 1.82) is 0 Å². The van der Waals surface area contributed by atoms with Gasteiger partial charge in [-0.15, -0.1) is 0 Å². The molecule has 3 rings (SSSR count). The Kier molecular flexibility index (Phi) is 7.38. The highest BCUT2D eigenvalue weighted by Crippen LogP contribution is 2.37. The minimum atomic E-state index is -0.872. The Bertz CT molecular complexity index is 1030. The fourth-order valence-corrected chi connectivity index (χ4v) is 3.17. The van der Waals surface area contributed by atoms with Crippen LogP contribution in [-0.4, -0.2) is 37.7 Å². The monoisotopic (exact) mass is 464 g/mol. The van der Waals surface area contributed by atoms with E-state index in [1.54, 1.807) is 31.2 Å². The van der Waals surface area contributed by atoms with Crippen LogP contribution in [0.3, 0.4) is 0 Å². The number of rotatable bonds is 8. The van der Waals surface area contributed by atoms with E-state index in [1.165, 1.54) is 12.1 Å². The van der Waals surface area contributed by atoms with E-state index in [0.29, 0.717) is 34.4 Å². The first kappa shape index (κ1) is 22.5. The molecule has 0 atom stereocenters. The van der Waals surface area contributed by atoms with Gasteiger partial charge >= 0.3 is 6.03 Å². The van der Waals surface area contributed by atoms with Gasteiger partial charge in [-0.25, -0.2) is 4.79 Å². The number of halogens is 2. The van der Waals surface area contributed by atoms with Gasteiger partial charge in [-0.1, -0.05) is 35.3 Å². The van der Waals surface area contributed by atoms with E-state index in [4.69, 9.17) is 37.4 Å². The maximum absolute atomic E-state index is 11.9. The summed E-state index contributed by atoms with van der Waals surface area (Å²) in [5, 5.41) is 4.72. The van der Waals surface area contributed by atoms with E-state index >= 15 is 0 Å². The largest absolute Gasteiger partial charge is 0.490 e. The SMILES string of the molecule is CCOc1cc(C=C2C(=O)NC(=O)NC2=O)cc(Cl)c1OCCOc1ccccc1Cl. The summed E-state index contributed by atoms with van der Waals surface area (Å²) < 4.78 is 16.9. The summed E-state index contributed by atoms with van der Waals surface area (Å²) in [4.78, 5) is 35.0. The summed E-state index contributed by atoms with van der Waals surface area (Å²) in [6.07, 6.45) is 1.30. The van der Waals surface area contributed by atoms with Gasteiger partial charge < -0.3 is 14.2 Å². The third-order valence-corrected chi connectivity index (χ3v) is 4.60. The minimum absolute atomic E-state index is 0.165. The number of barbiturate groups is 1. The van der Waals surface area contributed by atoms with Crippen molar-refractivity contribution in [2.45, 2.75) is 6.92 Å². The molecule has 1 aliphatic heterocycles. The molecule has 1 aliphatic rings. The number of urea groups is 1. The molecular formula is C21H18Cl2N2O6. The number of para-hydroxylation sites is 1. The predicted octanol–water partition coefficient (Wildman–Crippen LogP) is 3.60. The molecule has 0 unspecified atom stereocenters. The third-order valence-electron chi connectivity index (χ3n) is 4.01. The van der Waals surface area contributed by atoms with E-state index in [9.17, 15) is 14.4 Å². The van der Waals surface area contributed by atoms with Crippen molar-refractivity contribution < 1.29 is 28.6 Å². The number of carbonyl (C=O) groups is 3. The maximum atomic E-state index is 11.9. The molecule has 2 N–H and O–H groups in total. The highest BCUT2D eigenvalue weighted by molar-refractivity contribution is 6.33. The Morgan fingerprint density at radius 2 is 1.55 bits per heavy atom. The average Bonchev–Trinajstić information content (AvgIpc) is 2.71. The number of carbonyl (C=O) groups excluding carboxylic acids is 3. The van der Waals surface area contributed by atoms with Crippen LogP contribution in [-0.2, 0) is 9.59 Å². The van der Waals surface area contributed by atoms with Crippen molar-refractivity contribution in [2.24, 2.45) is 0 Å². The number of ether oxygens (including phenoxy) is 3. The quantitative estimate of drug-likeness (QED) is 0.351. The molecule has 0 bridgehead atoms. The molecule has 10 heteroatoms. The Morgan fingerprint density at radius 3 is 2.23 bits per heavy atom. The van der Waals surface area contributed by atoms with Gasteiger partial charge in [-0.2, -0.15) is 0 Å². The van der Waals surface area contributed by atoms with E-state index in [1.807, 2.05) is 16.7 Å². The first-order valence-corrected chi connectivity index (χ1v) is 9.99. The topological polar surface area (TPSA) is 103 Å². The van der Waals surface area contributed by atoms with Gasteiger partial charge in [0.15, 0.2) is 11.5 Å². The summed E-state index contributed by atoms with van der Waals surface area (Å²) in [5.41, 5.74) is 0.183. The standard InChI is InChI=1S/C21H18Cl2N2O6/c1-2-29-17-11-12(9-13-19(26)24-21(28)25-20(13)27)10-15(23)18(17)31-8-7-30-16-6-4-3-5-14(16)22/h3-6,9-11H,2,7-8H2,1H3,(H2,24,25,26,27,28). The van der Waals surface area contributed by atoms with Crippen LogP contribution in [0, 0.1) is 0 Å². The van der Waals surface area contributed by atoms with Gasteiger partial charge in [0.2, 0.25) is 0 Å². The molecule has 8 nitrogen and oxygen atoms in total. The minimum Gasteiger partial charge on any atom is -0.490 e. The lowest BCUT2D eigenvalue weighted by molar-refractivity contribution is -0.123. The summed E-state index contributed by atoms with van der Waals surface area (Å²) >= 11 is 12.4. The molecule has 0 aliphatic carbocycles. The number of amides is 4. The third kappa shape index (κ3) is 5.68. The van der Waals surface area contributed by atoms with Gasteiger partial charge in [0.05, 0.1) is 16.7 Å². The number of hydrogen-bond acceptors (Lipinski definition) is 6. The van der Waals surface area contributed by atoms with Crippen molar-refractivity contribution in [3.63, 3.8) is 0 Å². The van der Waals surface area contributed by atoms with Crippen LogP contribution in [0.4, 0.5) is 4.79 Å². The molecule has 0 spiro atoms. The molecule has 1 fully saturated rings. The zero-order valence-electron chi connectivity index (χ0n) is 16.4. The van der Waals surface area contributed by atoms with Gasteiger partial charge in [-0.05, 0) is 42.8 Å². The zero-order valence-corrected chi connectivity index (χ0v) is 17.9. The molecule has 162 valence electrons. The molecule has 2 aromatic carbocycles. The van der Waals surface area contributed by atoms with Crippen molar-refractivity contribution in [2.75, 3.05) is 19.8 Å². The lowest BCUT2D eigenvalue weighted by Crippen LogP contribution is -2.51. The van der Waals surface area contributed by atoms with Crippen molar-refractivity contribution >= 4 is 47.1 Å². The van der Waals surface area contributed by atoms with E-state index in [-0.39, 0.29) is 23.8 Å². The fraction of sp³-hybridized carbons (Fsp3) is 0.190. The fourth-order valence-electron chi connectivity index (χ4n) is 2.70. The lowest BCUT2D eigenvalue weighted by atomic mass is 10.1. The first-order chi connectivity index (χ1) is 14.9. The number of nitrogens with one attached hydrogen (secondary N) is 2. The van der Waals surface area contributed by atoms with Crippen LogP contribution in [0.15, 0.2) is 42.0 Å². The molecule has 0 radical (unpaired) electrons. The van der Waals surface area contributed by atoms with Crippen LogP contribution in [0.25, 0.3) is 6.08 Å². The Hall–Kier alpha value is -3.23. The molecule has 0 saturated carbocycles. The first-order valence-electron chi connectivity index (χ1n) is 9.24. The van der Waals surface area contributed by atoms with Crippen molar-refractivity contribution in [3.8, 4) is 17.2 Å². The summed E-state index contributed by atoms with van der Waals surface area (Å²) in [7, 11) is 0. The van der Waals surface area contributed by atoms with Gasteiger partial charge in [0, 0.05) is 0 Å². The van der Waals surface area contributed by atoms with Crippen LogP contribution < -0.4 is 24.8 Å². The zero-order chi connectivity index (χ0) is 22.4. The van der Waals surface area contributed by atoms with Gasteiger partial charge in [0.25, 0.3) is 11.8 Å². The maximum Gasteiger partial charge on any atom is 0.328 e.